The molecule has 0 aliphatic rings. The van der Waals surface area contributed by atoms with Gasteiger partial charge in [-0.05, 0) is 24.7 Å². The quantitative estimate of drug-likeness (QED) is 0.388. The number of benzene rings is 1. The van der Waals surface area contributed by atoms with Gasteiger partial charge in [0.25, 0.3) is 0 Å². The van der Waals surface area contributed by atoms with Crippen molar-refractivity contribution in [1.82, 2.24) is 5.43 Å². The van der Waals surface area contributed by atoms with Crippen molar-refractivity contribution in [3.63, 3.8) is 0 Å². The van der Waals surface area contributed by atoms with Crippen LogP contribution in [0.3, 0.4) is 0 Å². The van der Waals surface area contributed by atoms with Gasteiger partial charge in [0.05, 0.1) is 6.61 Å². The van der Waals surface area contributed by atoms with Crippen LogP contribution in [0.5, 0.6) is 0 Å². The van der Waals surface area contributed by atoms with Gasteiger partial charge in [0.2, 0.25) is 5.90 Å². The van der Waals surface area contributed by atoms with Crippen molar-refractivity contribution >= 4 is 23.2 Å². The molecule has 3 N–H and O–H groups in total. The fraction of sp³-hybridized carbons (Fsp3) is 0.333. The average Bonchev–Trinajstić information content (AvgIpc) is 2.36. The molecule has 0 aliphatic heterocycles. The van der Waals surface area contributed by atoms with Crippen LogP contribution in [0.4, 0.5) is 13.2 Å². The van der Waals surface area contributed by atoms with E-state index in [-0.39, 0.29) is 17.3 Å². The van der Waals surface area contributed by atoms with Gasteiger partial charge in [0.15, 0.2) is 11.0 Å². The summed E-state index contributed by atoms with van der Waals surface area (Å²) in [5.74, 6) is -2.51. The summed E-state index contributed by atoms with van der Waals surface area (Å²) in [5, 5.41) is 3.27. The van der Waals surface area contributed by atoms with Gasteiger partial charge in [-0.15, -0.1) is 5.10 Å². The number of alkyl halides is 3. The number of nitrogens with zero attached hydrogens (tertiary/aromatic N) is 1. The molecule has 0 heterocycles. The molecule has 0 aromatic heterocycles. The Morgan fingerprint density at radius 1 is 1.40 bits per heavy atom. The number of nitrogens with two attached hydrogens (primary N) is 1. The van der Waals surface area contributed by atoms with E-state index in [1.807, 2.05) is 0 Å². The maximum absolute atomic E-state index is 13.3. The lowest BCUT2D eigenvalue weighted by Crippen LogP contribution is -2.34. The molecule has 0 bridgehead atoms. The van der Waals surface area contributed by atoms with Crippen LogP contribution in [0, 0.1) is 0 Å². The molecule has 1 aromatic carbocycles. The minimum Gasteiger partial charge on any atom is -0.479 e. The van der Waals surface area contributed by atoms with Crippen molar-refractivity contribution in [2.24, 2.45) is 10.8 Å². The van der Waals surface area contributed by atoms with Crippen LogP contribution >= 0.6 is 12.2 Å². The van der Waals surface area contributed by atoms with Gasteiger partial charge in [0, 0.05) is 0 Å². The fourth-order valence-corrected chi connectivity index (χ4v) is 1.60. The van der Waals surface area contributed by atoms with Crippen molar-refractivity contribution in [1.29, 1.82) is 0 Å². The molecule has 1 unspecified atom stereocenters. The first kappa shape index (κ1) is 16.2. The maximum Gasteiger partial charge on any atom is 0.404 e. The number of halogens is 3. The largest absolute Gasteiger partial charge is 0.479 e. The Balaban J connectivity index is 3.19. The second-order valence-corrected chi connectivity index (χ2v) is 4.18. The van der Waals surface area contributed by atoms with Gasteiger partial charge in [-0.1, -0.05) is 30.3 Å². The summed E-state index contributed by atoms with van der Waals surface area (Å²) in [6, 6.07) is 7.36. The molecular weight excluding hydrogens is 291 g/mol. The van der Waals surface area contributed by atoms with Gasteiger partial charge >= 0.3 is 6.18 Å². The third-order valence-electron chi connectivity index (χ3n) is 2.28. The first-order valence-electron chi connectivity index (χ1n) is 5.73. The van der Waals surface area contributed by atoms with E-state index in [0.29, 0.717) is 0 Å². The molecule has 1 rings (SSSR count). The molecule has 0 saturated heterocycles. The summed E-state index contributed by atoms with van der Waals surface area (Å²) in [6.45, 7) is 1.60. The Morgan fingerprint density at radius 3 is 2.45 bits per heavy atom. The van der Waals surface area contributed by atoms with Crippen LogP contribution in [0.15, 0.2) is 35.4 Å². The number of hydrogen-bond donors (Lipinski definition) is 2. The van der Waals surface area contributed by atoms with E-state index in [2.05, 4.69) is 22.7 Å². The first-order valence-corrected chi connectivity index (χ1v) is 6.14. The van der Waals surface area contributed by atoms with Gasteiger partial charge < -0.3 is 10.5 Å². The zero-order valence-corrected chi connectivity index (χ0v) is 11.5. The Kier molecular flexibility index (Phi) is 5.75. The summed E-state index contributed by atoms with van der Waals surface area (Å²) >= 11 is 4.52. The third kappa shape index (κ3) is 4.69. The molecule has 20 heavy (non-hydrogen) atoms. The van der Waals surface area contributed by atoms with Crippen LogP contribution < -0.4 is 11.2 Å². The second kappa shape index (κ2) is 7.09. The van der Waals surface area contributed by atoms with Crippen molar-refractivity contribution in [2.45, 2.75) is 19.0 Å². The van der Waals surface area contributed by atoms with E-state index in [4.69, 9.17) is 10.5 Å². The minimum atomic E-state index is -4.55. The van der Waals surface area contributed by atoms with Crippen molar-refractivity contribution in [3.8, 4) is 0 Å². The Bertz CT molecular complexity index is 477. The first-order chi connectivity index (χ1) is 9.36. The highest BCUT2D eigenvalue weighted by Gasteiger charge is 2.45. The van der Waals surface area contributed by atoms with E-state index in [9.17, 15) is 13.2 Å². The van der Waals surface area contributed by atoms with Crippen molar-refractivity contribution in [3.05, 3.63) is 35.9 Å². The molecule has 0 radical (unpaired) electrons. The lowest BCUT2D eigenvalue weighted by atomic mass is 9.98. The number of nitrogens with one attached hydrogen (secondary N) is 1. The number of hydrazone groups is 1. The van der Waals surface area contributed by atoms with Crippen LogP contribution in [0.1, 0.15) is 18.4 Å². The highest BCUT2D eigenvalue weighted by molar-refractivity contribution is 7.80. The molecule has 0 aliphatic carbocycles. The van der Waals surface area contributed by atoms with Gasteiger partial charge in [0.1, 0.15) is 0 Å². The number of thiocarbonyl (C=S) groups is 1. The van der Waals surface area contributed by atoms with Crippen LogP contribution in [0.25, 0.3) is 0 Å². The molecule has 0 fully saturated rings. The van der Waals surface area contributed by atoms with Gasteiger partial charge in [-0.2, -0.15) is 13.2 Å². The number of ether oxygens (including phenoxy) is 1. The molecular formula is C12H14F3N3OS. The topological polar surface area (TPSA) is 59.6 Å². The summed E-state index contributed by atoms with van der Waals surface area (Å²) in [6.07, 6.45) is -4.55. The monoisotopic (exact) mass is 305 g/mol. The lowest BCUT2D eigenvalue weighted by Gasteiger charge is -2.22. The van der Waals surface area contributed by atoms with E-state index in [0.717, 1.165) is 0 Å². The van der Waals surface area contributed by atoms with E-state index in [1.54, 1.807) is 13.0 Å². The van der Waals surface area contributed by atoms with Gasteiger partial charge in [-0.3, -0.25) is 5.43 Å². The maximum atomic E-state index is 13.3. The van der Waals surface area contributed by atoms with Crippen LogP contribution in [-0.2, 0) is 4.74 Å². The van der Waals surface area contributed by atoms with Crippen molar-refractivity contribution < 1.29 is 17.9 Å². The summed E-state index contributed by atoms with van der Waals surface area (Å²) in [5.41, 5.74) is 7.31. The number of hydrogen-bond acceptors (Lipinski definition) is 3. The SMILES string of the molecule is CCOC(=NNC(N)=S)C(c1ccccc1)C(F)(F)F. The predicted octanol–water partition coefficient (Wildman–Crippen LogP) is 2.52. The third-order valence-corrected chi connectivity index (χ3v) is 2.37. The van der Waals surface area contributed by atoms with Crippen molar-refractivity contribution in [2.75, 3.05) is 6.61 Å². The normalized spacial score (nSPS) is 13.7. The average molecular weight is 305 g/mol. The second-order valence-electron chi connectivity index (χ2n) is 3.74. The highest BCUT2D eigenvalue weighted by atomic mass is 32.1. The van der Waals surface area contributed by atoms with Crippen LogP contribution in [-0.4, -0.2) is 23.8 Å². The summed E-state index contributed by atoms with van der Waals surface area (Å²) in [4.78, 5) is 0. The molecule has 0 saturated carbocycles. The Hall–Kier alpha value is -1.83. The molecule has 1 atom stereocenters. The summed E-state index contributed by atoms with van der Waals surface area (Å²) < 4.78 is 44.7. The molecule has 4 nitrogen and oxygen atoms in total. The van der Waals surface area contributed by atoms with E-state index >= 15 is 0 Å². The Morgan fingerprint density at radius 2 is 2.00 bits per heavy atom. The minimum absolute atomic E-state index is 0.0249. The summed E-state index contributed by atoms with van der Waals surface area (Å²) in [7, 11) is 0. The molecule has 110 valence electrons. The highest BCUT2D eigenvalue weighted by Crippen LogP contribution is 2.36. The predicted molar refractivity (Wildman–Crippen MR) is 74.2 cm³/mol. The molecule has 0 spiro atoms. The standard InChI is InChI=1S/C12H14F3N3OS/c1-2-19-10(17-18-11(16)20)9(12(13,14)15)8-6-4-3-5-7-8/h3-7,9H,2H2,1H3,(H3,16,18,20). The van der Waals surface area contributed by atoms with Crippen LogP contribution in [0.2, 0.25) is 0 Å². The Labute approximate surface area is 119 Å². The smallest absolute Gasteiger partial charge is 0.404 e. The van der Waals surface area contributed by atoms with E-state index in [1.165, 1.54) is 24.3 Å². The molecule has 0 amide bonds. The molecule has 8 heteroatoms. The lowest BCUT2D eigenvalue weighted by molar-refractivity contribution is -0.138. The molecule has 1 aromatic rings. The van der Waals surface area contributed by atoms with Gasteiger partial charge in [-0.25, -0.2) is 0 Å². The zero-order chi connectivity index (χ0) is 15.2. The zero-order valence-electron chi connectivity index (χ0n) is 10.6. The number of rotatable bonds is 4. The van der Waals surface area contributed by atoms with E-state index < -0.39 is 18.0 Å². The fourth-order valence-electron chi connectivity index (χ4n) is 1.56.